The van der Waals surface area contributed by atoms with Gasteiger partial charge in [-0.3, -0.25) is 0 Å². The molecule has 1 saturated carbocycles. The summed E-state index contributed by atoms with van der Waals surface area (Å²) in [6, 6.07) is 8.88. The molecule has 122 valence electrons. The molecule has 0 nitrogen and oxygen atoms in total. The third kappa shape index (κ3) is 6.29. The highest BCUT2D eigenvalue weighted by Crippen LogP contribution is 2.37. The molecule has 1 aromatic rings. The van der Waals surface area contributed by atoms with Crippen LogP contribution in [0.2, 0.25) is 19.6 Å². The molecule has 23 heavy (non-hydrogen) atoms. The van der Waals surface area contributed by atoms with Gasteiger partial charge in [0.2, 0.25) is 0 Å². The van der Waals surface area contributed by atoms with E-state index in [4.69, 9.17) is 0 Å². The van der Waals surface area contributed by atoms with Gasteiger partial charge in [0.15, 0.2) is 0 Å². The SMILES string of the molecule is CCCC1CCC(c2ccc(C#CC#C[Si](C)(C)C)cc2)CC1. The van der Waals surface area contributed by atoms with Gasteiger partial charge in [-0.15, -0.1) is 5.54 Å². The van der Waals surface area contributed by atoms with Crippen LogP contribution in [0.3, 0.4) is 0 Å². The Morgan fingerprint density at radius 2 is 1.61 bits per heavy atom. The summed E-state index contributed by atoms with van der Waals surface area (Å²) in [5.74, 6) is 10.9. The van der Waals surface area contributed by atoms with Crippen LogP contribution in [0.4, 0.5) is 0 Å². The summed E-state index contributed by atoms with van der Waals surface area (Å²) < 4.78 is 0. The Balaban J connectivity index is 1.93. The van der Waals surface area contributed by atoms with Crippen molar-refractivity contribution in [2.75, 3.05) is 0 Å². The second-order valence-electron chi connectivity index (χ2n) is 7.88. The minimum Gasteiger partial charge on any atom is -0.118 e. The average molecular weight is 323 g/mol. The molecule has 0 bridgehead atoms. The smallest absolute Gasteiger partial charge is 0.118 e. The maximum absolute atomic E-state index is 3.28. The Morgan fingerprint density at radius 1 is 0.957 bits per heavy atom. The first kappa shape index (κ1) is 17.9. The van der Waals surface area contributed by atoms with E-state index in [0.29, 0.717) is 0 Å². The zero-order chi connectivity index (χ0) is 16.7. The van der Waals surface area contributed by atoms with Gasteiger partial charge in [-0.25, -0.2) is 0 Å². The third-order valence-electron chi connectivity index (χ3n) is 4.63. The zero-order valence-corrected chi connectivity index (χ0v) is 16.2. The Labute approximate surface area is 144 Å². The fraction of sp³-hybridized carbons (Fsp3) is 0.545. The third-order valence-corrected chi connectivity index (χ3v) is 5.51. The molecule has 0 unspecified atom stereocenters. The summed E-state index contributed by atoms with van der Waals surface area (Å²) >= 11 is 0. The molecule has 1 aromatic carbocycles. The van der Waals surface area contributed by atoms with Gasteiger partial charge in [-0.05, 0) is 67.1 Å². The minimum atomic E-state index is -1.30. The van der Waals surface area contributed by atoms with Gasteiger partial charge in [0.25, 0.3) is 0 Å². The van der Waals surface area contributed by atoms with Gasteiger partial charge < -0.3 is 0 Å². The van der Waals surface area contributed by atoms with Crippen LogP contribution in [0.1, 0.15) is 62.5 Å². The van der Waals surface area contributed by atoms with E-state index in [1.54, 1.807) is 0 Å². The Bertz CT molecular complexity index is 602. The predicted molar refractivity (Wildman–Crippen MR) is 104 cm³/mol. The summed E-state index contributed by atoms with van der Waals surface area (Å²) in [5, 5.41) is 0. The van der Waals surface area contributed by atoms with E-state index in [2.05, 4.69) is 74.1 Å². The monoisotopic (exact) mass is 322 g/mol. The normalized spacial score (nSPS) is 20.9. The molecule has 0 N–H and O–H groups in total. The molecule has 0 spiro atoms. The zero-order valence-electron chi connectivity index (χ0n) is 15.2. The molecular formula is C22H30Si. The van der Waals surface area contributed by atoms with Crippen LogP contribution in [0.15, 0.2) is 24.3 Å². The maximum atomic E-state index is 3.28. The summed E-state index contributed by atoms with van der Waals surface area (Å²) in [5.41, 5.74) is 5.87. The van der Waals surface area contributed by atoms with Crippen LogP contribution in [-0.2, 0) is 0 Å². The topological polar surface area (TPSA) is 0 Å². The molecule has 2 rings (SSSR count). The van der Waals surface area contributed by atoms with Gasteiger partial charge in [0.1, 0.15) is 8.07 Å². The van der Waals surface area contributed by atoms with Crippen LogP contribution in [0, 0.1) is 29.2 Å². The van der Waals surface area contributed by atoms with Crippen molar-refractivity contribution in [1.29, 1.82) is 0 Å². The molecule has 0 amide bonds. The van der Waals surface area contributed by atoms with Gasteiger partial charge in [-0.2, -0.15) is 0 Å². The Morgan fingerprint density at radius 3 is 2.17 bits per heavy atom. The Hall–Kier alpha value is -1.44. The van der Waals surface area contributed by atoms with Crippen molar-refractivity contribution in [3.63, 3.8) is 0 Å². The van der Waals surface area contributed by atoms with E-state index in [-0.39, 0.29) is 0 Å². The fourth-order valence-corrected chi connectivity index (χ4v) is 3.79. The molecule has 0 heterocycles. The highest BCUT2D eigenvalue weighted by atomic mass is 28.3. The molecule has 1 fully saturated rings. The lowest BCUT2D eigenvalue weighted by atomic mass is 9.77. The molecule has 0 radical (unpaired) electrons. The molecule has 0 aromatic heterocycles. The largest absolute Gasteiger partial charge is 0.130 e. The first-order chi connectivity index (χ1) is 11.0. The van der Waals surface area contributed by atoms with Crippen molar-refractivity contribution >= 4 is 8.07 Å². The number of rotatable bonds is 3. The van der Waals surface area contributed by atoms with Crippen LogP contribution in [-0.4, -0.2) is 8.07 Å². The van der Waals surface area contributed by atoms with Crippen molar-refractivity contribution in [3.8, 4) is 23.3 Å². The first-order valence-electron chi connectivity index (χ1n) is 9.11. The standard InChI is InChI=1S/C22H30Si/c1-5-8-19-10-14-21(15-11-19)22-16-12-20(13-17-22)9-6-7-18-23(2,3)4/h12-13,16-17,19,21H,5,8,10-11,14-15H2,1-4H3. The minimum absolute atomic E-state index is 0.761. The lowest BCUT2D eigenvalue weighted by molar-refractivity contribution is 0.308. The van der Waals surface area contributed by atoms with E-state index < -0.39 is 8.07 Å². The molecular weight excluding hydrogens is 292 g/mol. The second kappa shape index (κ2) is 8.42. The van der Waals surface area contributed by atoms with Crippen LogP contribution >= 0.6 is 0 Å². The van der Waals surface area contributed by atoms with Crippen LogP contribution in [0.25, 0.3) is 0 Å². The van der Waals surface area contributed by atoms with Crippen molar-refractivity contribution in [2.45, 2.75) is 71.0 Å². The highest BCUT2D eigenvalue weighted by Gasteiger charge is 2.21. The number of benzene rings is 1. The van der Waals surface area contributed by atoms with E-state index >= 15 is 0 Å². The van der Waals surface area contributed by atoms with Crippen molar-refractivity contribution in [2.24, 2.45) is 5.92 Å². The number of hydrogen-bond acceptors (Lipinski definition) is 0. The second-order valence-corrected chi connectivity index (χ2v) is 12.6. The molecule has 0 atom stereocenters. The summed E-state index contributed by atoms with van der Waals surface area (Å²) in [6.45, 7) is 9.03. The van der Waals surface area contributed by atoms with E-state index in [9.17, 15) is 0 Å². The number of hydrogen-bond donors (Lipinski definition) is 0. The maximum Gasteiger partial charge on any atom is 0.130 e. The van der Waals surface area contributed by atoms with E-state index in [0.717, 1.165) is 17.4 Å². The summed E-state index contributed by atoms with van der Waals surface area (Å²) in [4.78, 5) is 0. The van der Waals surface area contributed by atoms with Gasteiger partial charge in [0.05, 0.1) is 0 Å². The van der Waals surface area contributed by atoms with Gasteiger partial charge >= 0.3 is 0 Å². The van der Waals surface area contributed by atoms with E-state index in [1.165, 1.54) is 44.1 Å². The van der Waals surface area contributed by atoms with Crippen LogP contribution < -0.4 is 0 Å². The predicted octanol–water partition coefficient (Wildman–Crippen LogP) is 5.99. The lowest BCUT2D eigenvalue weighted by Crippen LogP contribution is -2.16. The molecule has 1 aliphatic rings. The molecule has 0 saturated heterocycles. The van der Waals surface area contributed by atoms with Crippen molar-refractivity contribution < 1.29 is 0 Å². The lowest BCUT2D eigenvalue weighted by Gasteiger charge is -2.28. The van der Waals surface area contributed by atoms with Gasteiger partial charge in [0, 0.05) is 5.56 Å². The quantitative estimate of drug-likeness (QED) is 0.473. The Kier molecular flexibility index (Phi) is 6.55. The summed E-state index contributed by atoms with van der Waals surface area (Å²) in [7, 11) is -1.30. The first-order valence-corrected chi connectivity index (χ1v) is 12.6. The molecule has 1 aliphatic carbocycles. The van der Waals surface area contributed by atoms with Crippen LogP contribution in [0.5, 0.6) is 0 Å². The van der Waals surface area contributed by atoms with Crippen molar-refractivity contribution in [1.82, 2.24) is 0 Å². The van der Waals surface area contributed by atoms with Crippen molar-refractivity contribution in [3.05, 3.63) is 35.4 Å². The van der Waals surface area contributed by atoms with E-state index in [1.807, 2.05) is 0 Å². The fourth-order valence-electron chi connectivity index (χ4n) is 3.35. The molecule has 1 heteroatoms. The average Bonchev–Trinajstić information content (AvgIpc) is 2.52. The molecule has 0 aliphatic heterocycles. The van der Waals surface area contributed by atoms with Gasteiger partial charge in [-0.1, -0.05) is 57.5 Å². The highest BCUT2D eigenvalue weighted by molar-refractivity contribution is 6.83. The summed E-state index contributed by atoms with van der Waals surface area (Å²) in [6.07, 6.45) is 8.29.